The maximum Gasteiger partial charge on any atom is 0.134 e. The van der Waals surface area contributed by atoms with E-state index in [-0.39, 0.29) is 0 Å². The Hall–Kier alpha value is -1.32. The van der Waals surface area contributed by atoms with E-state index in [2.05, 4.69) is 34.4 Å². The van der Waals surface area contributed by atoms with Crippen molar-refractivity contribution in [1.29, 1.82) is 0 Å². The predicted octanol–water partition coefficient (Wildman–Crippen LogP) is 3.46. The quantitative estimate of drug-likeness (QED) is 0.853. The van der Waals surface area contributed by atoms with Crippen LogP contribution < -0.4 is 10.6 Å². The van der Waals surface area contributed by atoms with Crippen molar-refractivity contribution < 1.29 is 0 Å². The van der Waals surface area contributed by atoms with E-state index in [1.54, 1.807) is 6.33 Å². The van der Waals surface area contributed by atoms with Crippen LogP contribution in [0.1, 0.15) is 51.5 Å². The molecule has 2 atom stereocenters. The van der Waals surface area contributed by atoms with Crippen molar-refractivity contribution in [2.75, 3.05) is 17.7 Å². The van der Waals surface area contributed by atoms with E-state index in [0.29, 0.717) is 6.04 Å². The van der Waals surface area contributed by atoms with Gasteiger partial charge in [0.25, 0.3) is 0 Å². The van der Waals surface area contributed by atoms with Crippen molar-refractivity contribution in [3.05, 3.63) is 11.9 Å². The summed E-state index contributed by atoms with van der Waals surface area (Å²) in [7, 11) is 1.92. The Kier molecular flexibility index (Phi) is 5.00. The fourth-order valence-electron chi connectivity index (χ4n) is 3.00. The molecule has 2 N–H and O–H groups in total. The zero-order valence-corrected chi connectivity index (χ0v) is 12.4. The summed E-state index contributed by atoms with van der Waals surface area (Å²) in [6.07, 6.45) is 8.98. The highest BCUT2D eigenvalue weighted by molar-refractivity contribution is 5.57. The number of nitrogens with zero attached hydrogens (tertiary/aromatic N) is 2. The average Bonchev–Trinajstić information content (AvgIpc) is 2.41. The average molecular weight is 262 g/mol. The molecule has 2 unspecified atom stereocenters. The first-order valence-electron chi connectivity index (χ1n) is 7.52. The monoisotopic (exact) mass is 262 g/mol. The lowest BCUT2D eigenvalue weighted by Crippen LogP contribution is -2.27. The molecule has 0 radical (unpaired) electrons. The zero-order valence-electron chi connectivity index (χ0n) is 12.4. The molecule has 2 rings (SSSR count). The van der Waals surface area contributed by atoms with E-state index in [1.807, 2.05) is 7.05 Å². The second-order valence-electron chi connectivity index (χ2n) is 5.66. The molecule has 1 aromatic heterocycles. The number of hydrogen-bond donors (Lipinski definition) is 2. The Labute approximate surface area is 116 Å². The summed E-state index contributed by atoms with van der Waals surface area (Å²) in [5, 5.41) is 6.82. The maximum atomic E-state index is 4.46. The second-order valence-corrected chi connectivity index (χ2v) is 5.66. The molecule has 1 aromatic rings. The molecule has 1 aliphatic rings. The Balaban J connectivity index is 2.14. The van der Waals surface area contributed by atoms with E-state index in [0.717, 1.165) is 30.4 Å². The van der Waals surface area contributed by atoms with Gasteiger partial charge in [-0.1, -0.05) is 33.1 Å². The van der Waals surface area contributed by atoms with Gasteiger partial charge < -0.3 is 10.6 Å². The van der Waals surface area contributed by atoms with Crippen LogP contribution in [0.25, 0.3) is 0 Å². The van der Waals surface area contributed by atoms with Gasteiger partial charge in [-0.15, -0.1) is 0 Å². The van der Waals surface area contributed by atoms with E-state index in [1.165, 1.54) is 31.2 Å². The minimum absolute atomic E-state index is 0.568. The SMILES string of the molecule is CCCc1c(NC)ncnc1NC1CCCC(C)C1. The van der Waals surface area contributed by atoms with Gasteiger partial charge in [0.05, 0.1) is 0 Å². The van der Waals surface area contributed by atoms with Crippen LogP contribution in [-0.2, 0) is 6.42 Å². The molecule has 19 heavy (non-hydrogen) atoms. The molecule has 4 heteroatoms. The molecule has 0 spiro atoms. The Morgan fingerprint density at radius 2 is 2.05 bits per heavy atom. The molecule has 1 aliphatic carbocycles. The summed E-state index contributed by atoms with van der Waals surface area (Å²) in [4.78, 5) is 8.79. The van der Waals surface area contributed by atoms with Crippen LogP contribution in [-0.4, -0.2) is 23.1 Å². The molecule has 0 saturated heterocycles. The fourth-order valence-corrected chi connectivity index (χ4v) is 3.00. The smallest absolute Gasteiger partial charge is 0.134 e. The van der Waals surface area contributed by atoms with Crippen molar-refractivity contribution in [2.24, 2.45) is 5.92 Å². The van der Waals surface area contributed by atoms with E-state index in [4.69, 9.17) is 0 Å². The minimum Gasteiger partial charge on any atom is -0.373 e. The lowest BCUT2D eigenvalue weighted by molar-refractivity contribution is 0.358. The van der Waals surface area contributed by atoms with Crippen LogP contribution in [0.4, 0.5) is 11.6 Å². The molecule has 0 aliphatic heterocycles. The van der Waals surface area contributed by atoms with Gasteiger partial charge in [0.2, 0.25) is 0 Å². The predicted molar refractivity (Wildman–Crippen MR) is 80.6 cm³/mol. The lowest BCUT2D eigenvalue weighted by Gasteiger charge is -2.28. The third kappa shape index (κ3) is 3.58. The van der Waals surface area contributed by atoms with Crippen LogP contribution in [0.2, 0.25) is 0 Å². The third-order valence-corrected chi connectivity index (χ3v) is 3.96. The van der Waals surface area contributed by atoms with E-state index >= 15 is 0 Å². The molecule has 0 bridgehead atoms. The summed E-state index contributed by atoms with van der Waals surface area (Å²) < 4.78 is 0. The molecule has 1 fully saturated rings. The van der Waals surface area contributed by atoms with Gasteiger partial charge in [0.1, 0.15) is 18.0 Å². The molecular formula is C15H26N4. The van der Waals surface area contributed by atoms with Crippen molar-refractivity contribution in [3.63, 3.8) is 0 Å². The van der Waals surface area contributed by atoms with Gasteiger partial charge in [-0.25, -0.2) is 9.97 Å². The maximum absolute atomic E-state index is 4.46. The molecular weight excluding hydrogens is 236 g/mol. The van der Waals surface area contributed by atoms with Gasteiger partial charge in [0.15, 0.2) is 0 Å². The first kappa shape index (κ1) is 14.1. The summed E-state index contributed by atoms with van der Waals surface area (Å²) in [5.41, 5.74) is 1.23. The molecule has 1 heterocycles. The number of hydrogen-bond acceptors (Lipinski definition) is 4. The summed E-state index contributed by atoms with van der Waals surface area (Å²) >= 11 is 0. The summed E-state index contributed by atoms with van der Waals surface area (Å²) in [6.45, 7) is 4.54. The van der Waals surface area contributed by atoms with Gasteiger partial charge in [-0.3, -0.25) is 0 Å². The molecule has 106 valence electrons. The number of nitrogens with one attached hydrogen (secondary N) is 2. The second kappa shape index (κ2) is 6.73. The Bertz CT molecular complexity index is 405. The number of rotatable bonds is 5. The van der Waals surface area contributed by atoms with Crippen molar-refractivity contribution in [3.8, 4) is 0 Å². The van der Waals surface area contributed by atoms with E-state index < -0.39 is 0 Å². The van der Waals surface area contributed by atoms with Crippen molar-refractivity contribution in [2.45, 2.75) is 58.4 Å². The van der Waals surface area contributed by atoms with Gasteiger partial charge in [-0.05, 0) is 25.2 Å². The Morgan fingerprint density at radius 1 is 1.26 bits per heavy atom. The largest absolute Gasteiger partial charge is 0.373 e. The van der Waals surface area contributed by atoms with Crippen LogP contribution in [0.3, 0.4) is 0 Å². The highest BCUT2D eigenvalue weighted by Gasteiger charge is 2.20. The van der Waals surface area contributed by atoms with Gasteiger partial charge in [-0.2, -0.15) is 0 Å². The standard InChI is InChI=1S/C15H26N4/c1-4-6-13-14(16-3)17-10-18-15(13)19-12-8-5-7-11(2)9-12/h10-12H,4-9H2,1-3H3,(H2,16,17,18,19). The highest BCUT2D eigenvalue weighted by atomic mass is 15.1. The first-order valence-corrected chi connectivity index (χ1v) is 7.52. The lowest BCUT2D eigenvalue weighted by atomic mass is 9.87. The molecule has 1 saturated carbocycles. The topological polar surface area (TPSA) is 49.8 Å². The zero-order chi connectivity index (χ0) is 13.7. The van der Waals surface area contributed by atoms with Crippen LogP contribution in [0.15, 0.2) is 6.33 Å². The fraction of sp³-hybridized carbons (Fsp3) is 0.733. The molecule has 0 amide bonds. The number of aromatic nitrogens is 2. The third-order valence-electron chi connectivity index (χ3n) is 3.96. The summed E-state index contributed by atoms with van der Waals surface area (Å²) in [5.74, 6) is 2.81. The van der Waals surface area contributed by atoms with Crippen LogP contribution in [0, 0.1) is 5.92 Å². The normalized spacial score (nSPS) is 23.1. The highest BCUT2D eigenvalue weighted by Crippen LogP contribution is 2.28. The van der Waals surface area contributed by atoms with Crippen molar-refractivity contribution >= 4 is 11.6 Å². The first-order chi connectivity index (χ1) is 9.24. The van der Waals surface area contributed by atoms with E-state index in [9.17, 15) is 0 Å². The van der Waals surface area contributed by atoms with Crippen molar-refractivity contribution in [1.82, 2.24) is 9.97 Å². The molecule has 0 aromatic carbocycles. The van der Waals surface area contributed by atoms with Crippen LogP contribution in [0.5, 0.6) is 0 Å². The Morgan fingerprint density at radius 3 is 2.74 bits per heavy atom. The van der Waals surface area contributed by atoms with Gasteiger partial charge in [0, 0.05) is 18.7 Å². The van der Waals surface area contributed by atoms with Crippen LogP contribution >= 0.6 is 0 Å². The summed E-state index contributed by atoms with van der Waals surface area (Å²) in [6, 6.07) is 0.568. The van der Waals surface area contributed by atoms with Gasteiger partial charge >= 0.3 is 0 Å². The number of anilines is 2. The minimum atomic E-state index is 0.568. The molecule has 4 nitrogen and oxygen atoms in total.